The van der Waals surface area contributed by atoms with Crippen molar-refractivity contribution in [1.82, 2.24) is 0 Å². The summed E-state index contributed by atoms with van der Waals surface area (Å²) in [5.41, 5.74) is 2.97. The van der Waals surface area contributed by atoms with Crippen LogP contribution in [0.3, 0.4) is 0 Å². The van der Waals surface area contributed by atoms with E-state index < -0.39 is 5.97 Å². The second-order valence-electron chi connectivity index (χ2n) is 6.01. The van der Waals surface area contributed by atoms with Crippen molar-refractivity contribution in [2.75, 3.05) is 0 Å². The van der Waals surface area contributed by atoms with Crippen molar-refractivity contribution < 1.29 is 14.6 Å². The van der Waals surface area contributed by atoms with E-state index >= 15 is 0 Å². The van der Waals surface area contributed by atoms with E-state index in [9.17, 15) is 10.1 Å². The number of carbonyl (C=O) groups is 1. The molecule has 0 aromatic heterocycles. The van der Waals surface area contributed by atoms with Crippen LogP contribution in [0, 0.1) is 11.3 Å². The van der Waals surface area contributed by atoms with E-state index in [1.54, 1.807) is 30.3 Å². The summed E-state index contributed by atoms with van der Waals surface area (Å²) in [6, 6.07) is 23.2. The Kier molecular flexibility index (Phi) is 6.11. The highest BCUT2D eigenvalue weighted by molar-refractivity contribution is 6.30. The van der Waals surface area contributed by atoms with Gasteiger partial charge in [-0.15, -0.1) is 0 Å². The zero-order valence-corrected chi connectivity index (χ0v) is 15.6. The lowest BCUT2D eigenvalue weighted by atomic mass is 10.0. The van der Waals surface area contributed by atoms with Crippen LogP contribution in [0.4, 0.5) is 0 Å². The lowest BCUT2D eigenvalue weighted by Gasteiger charge is -2.10. The Bertz CT molecular complexity index is 1050. The van der Waals surface area contributed by atoms with E-state index in [1.807, 2.05) is 36.4 Å². The molecule has 0 amide bonds. The van der Waals surface area contributed by atoms with Gasteiger partial charge in [0.1, 0.15) is 12.4 Å². The maximum Gasteiger partial charge on any atom is 0.335 e. The number of aromatic carboxylic acids is 1. The summed E-state index contributed by atoms with van der Waals surface area (Å²) < 4.78 is 5.92. The summed E-state index contributed by atoms with van der Waals surface area (Å²) in [6.07, 6.45) is 1.73. The van der Waals surface area contributed by atoms with Gasteiger partial charge >= 0.3 is 5.97 Å². The molecule has 0 aliphatic carbocycles. The van der Waals surface area contributed by atoms with E-state index in [0.717, 1.165) is 11.1 Å². The quantitative estimate of drug-likeness (QED) is 0.434. The van der Waals surface area contributed by atoms with Crippen molar-refractivity contribution in [3.8, 4) is 11.8 Å². The van der Waals surface area contributed by atoms with Crippen molar-refractivity contribution in [2.45, 2.75) is 6.61 Å². The average molecular weight is 390 g/mol. The standard InChI is InChI=1S/C23H16ClNO3/c24-21-11-5-16(6-12-21)15-28-22-4-2-1-3-19(22)13-20(14-25)17-7-9-18(10-8-17)23(26)27/h1-13H,15H2,(H,26,27)/b20-13-. The van der Waals surface area contributed by atoms with Crippen LogP contribution < -0.4 is 4.74 Å². The highest BCUT2D eigenvalue weighted by Crippen LogP contribution is 2.26. The maximum atomic E-state index is 11.0. The smallest absolute Gasteiger partial charge is 0.335 e. The number of carboxylic acids is 1. The molecule has 5 heteroatoms. The van der Waals surface area contributed by atoms with Crippen molar-refractivity contribution in [2.24, 2.45) is 0 Å². The Labute approximate surface area is 167 Å². The molecule has 138 valence electrons. The van der Waals surface area contributed by atoms with Crippen LogP contribution in [0.15, 0.2) is 72.8 Å². The molecule has 0 aliphatic rings. The molecular formula is C23H16ClNO3. The predicted octanol–water partition coefficient (Wildman–Crippen LogP) is 5.68. The summed E-state index contributed by atoms with van der Waals surface area (Å²) in [5.74, 6) is -0.359. The fraction of sp³-hybridized carbons (Fsp3) is 0.0435. The number of nitriles is 1. The van der Waals surface area contributed by atoms with Crippen molar-refractivity contribution >= 4 is 29.2 Å². The number of hydrogen-bond donors (Lipinski definition) is 1. The fourth-order valence-corrected chi connectivity index (χ4v) is 2.73. The Morgan fingerprint density at radius 2 is 1.64 bits per heavy atom. The van der Waals surface area contributed by atoms with Gasteiger partial charge in [-0.3, -0.25) is 0 Å². The van der Waals surface area contributed by atoms with Gasteiger partial charge in [-0.05, 0) is 47.5 Å². The number of rotatable bonds is 6. The maximum absolute atomic E-state index is 11.0. The fourth-order valence-electron chi connectivity index (χ4n) is 2.60. The molecule has 0 fully saturated rings. The van der Waals surface area contributed by atoms with Crippen LogP contribution in [0.25, 0.3) is 11.6 Å². The zero-order valence-electron chi connectivity index (χ0n) is 14.8. The molecule has 3 rings (SSSR count). The third-order valence-corrected chi connectivity index (χ3v) is 4.34. The van der Waals surface area contributed by atoms with Gasteiger partial charge in [0.25, 0.3) is 0 Å². The molecule has 0 bridgehead atoms. The molecule has 0 atom stereocenters. The normalized spacial score (nSPS) is 10.9. The number of carboxylic acid groups (broad SMARTS) is 1. The summed E-state index contributed by atoms with van der Waals surface area (Å²) in [4.78, 5) is 11.0. The number of nitrogens with zero attached hydrogens (tertiary/aromatic N) is 1. The number of allylic oxidation sites excluding steroid dienone is 1. The number of para-hydroxylation sites is 1. The Morgan fingerprint density at radius 1 is 1.00 bits per heavy atom. The first-order valence-electron chi connectivity index (χ1n) is 8.48. The summed E-state index contributed by atoms with van der Waals surface area (Å²) in [7, 11) is 0. The summed E-state index contributed by atoms with van der Waals surface area (Å²) >= 11 is 5.90. The van der Waals surface area contributed by atoms with Crippen LogP contribution in [-0.4, -0.2) is 11.1 Å². The highest BCUT2D eigenvalue weighted by Gasteiger charge is 2.07. The van der Waals surface area contributed by atoms with Crippen LogP contribution in [-0.2, 0) is 6.61 Å². The van der Waals surface area contributed by atoms with Crippen LogP contribution in [0.1, 0.15) is 27.0 Å². The van der Waals surface area contributed by atoms with E-state index in [0.29, 0.717) is 28.5 Å². The molecule has 28 heavy (non-hydrogen) atoms. The van der Waals surface area contributed by atoms with E-state index in [2.05, 4.69) is 6.07 Å². The molecule has 1 N–H and O–H groups in total. The minimum atomic E-state index is -1.00. The Balaban J connectivity index is 1.84. The molecule has 0 saturated heterocycles. The SMILES string of the molecule is N#C/C(=C/c1ccccc1OCc1ccc(Cl)cc1)c1ccc(C(=O)O)cc1. The second kappa shape index (κ2) is 8.90. The molecule has 4 nitrogen and oxygen atoms in total. The molecule has 3 aromatic rings. The largest absolute Gasteiger partial charge is 0.488 e. The molecule has 3 aromatic carbocycles. The van der Waals surface area contributed by atoms with Gasteiger partial charge in [-0.2, -0.15) is 5.26 Å². The monoisotopic (exact) mass is 389 g/mol. The average Bonchev–Trinajstić information content (AvgIpc) is 2.72. The Hall–Kier alpha value is -3.55. The molecule has 0 radical (unpaired) electrons. The first-order valence-corrected chi connectivity index (χ1v) is 8.86. The van der Waals surface area contributed by atoms with Gasteiger partial charge in [0.2, 0.25) is 0 Å². The molecule has 0 heterocycles. The first kappa shape index (κ1) is 19.2. The summed E-state index contributed by atoms with van der Waals surface area (Å²) in [5, 5.41) is 19.2. The van der Waals surface area contributed by atoms with Gasteiger partial charge in [-0.25, -0.2) is 4.79 Å². The van der Waals surface area contributed by atoms with E-state index in [1.165, 1.54) is 12.1 Å². The van der Waals surface area contributed by atoms with Gasteiger partial charge in [0.15, 0.2) is 0 Å². The minimum Gasteiger partial charge on any atom is -0.488 e. The van der Waals surface area contributed by atoms with Gasteiger partial charge in [0, 0.05) is 10.6 Å². The lowest BCUT2D eigenvalue weighted by Crippen LogP contribution is -1.97. The number of ether oxygens (including phenoxy) is 1. The third kappa shape index (κ3) is 4.79. The third-order valence-electron chi connectivity index (χ3n) is 4.09. The predicted molar refractivity (Wildman–Crippen MR) is 109 cm³/mol. The number of benzene rings is 3. The van der Waals surface area contributed by atoms with Crippen molar-refractivity contribution in [1.29, 1.82) is 5.26 Å². The van der Waals surface area contributed by atoms with Crippen LogP contribution >= 0.6 is 11.6 Å². The zero-order chi connectivity index (χ0) is 19.9. The highest BCUT2D eigenvalue weighted by atomic mass is 35.5. The van der Waals surface area contributed by atoms with Crippen LogP contribution in [0.2, 0.25) is 5.02 Å². The molecular weight excluding hydrogens is 374 g/mol. The van der Waals surface area contributed by atoms with Gasteiger partial charge in [0.05, 0.1) is 17.2 Å². The second-order valence-corrected chi connectivity index (χ2v) is 6.44. The Morgan fingerprint density at radius 3 is 2.29 bits per heavy atom. The summed E-state index contributed by atoms with van der Waals surface area (Å²) in [6.45, 7) is 0.372. The van der Waals surface area contributed by atoms with E-state index in [-0.39, 0.29) is 5.56 Å². The van der Waals surface area contributed by atoms with Crippen molar-refractivity contribution in [3.63, 3.8) is 0 Å². The first-order chi connectivity index (χ1) is 13.6. The molecule has 0 aliphatic heterocycles. The van der Waals surface area contributed by atoms with Gasteiger partial charge < -0.3 is 9.84 Å². The number of halogens is 1. The molecule has 0 saturated carbocycles. The van der Waals surface area contributed by atoms with Crippen LogP contribution in [0.5, 0.6) is 5.75 Å². The molecule has 0 spiro atoms. The van der Waals surface area contributed by atoms with E-state index in [4.69, 9.17) is 21.4 Å². The topological polar surface area (TPSA) is 70.3 Å². The lowest BCUT2D eigenvalue weighted by molar-refractivity contribution is 0.0697. The molecule has 0 unspecified atom stereocenters. The number of hydrogen-bond acceptors (Lipinski definition) is 3. The van der Waals surface area contributed by atoms with Gasteiger partial charge in [-0.1, -0.05) is 54.1 Å². The minimum absolute atomic E-state index is 0.174. The van der Waals surface area contributed by atoms with Crippen molar-refractivity contribution in [3.05, 3.63) is 100 Å².